The molecule has 0 unspecified atom stereocenters. The van der Waals surface area contributed by atoms with Crippen molar-refractivity contribution < 1.29 is 23.8 Å². The second kappa shape index (κ2) is 6.86. The third-order valence-electron chi connectivity index (χ3n) is 3.31. The van der Waals surface area contributed by atoms with E-state index >= 15 is 0 Å². The van der Waals surface area contributed by atoms with Gasteiger partial charge in [0.2, 0.25) is 6.79 Å². The van der Waals surface area contributed by atoms with Gasteiger partial charge in [-0.2, -0.15) is 0 Å². The molecule has 0 saturated heterocycles. The highest BCUT2D eigenvalue weighted by molar-refractivity contribution is 6.04. The van der Waals surface area contributed by atoms with Crippen molar-refractivity contribution in [3.05, 3.63) is 47.8 Å². The first kappa shape index (κ1) is 15.6. The summed E-state index contributed by atoms with van der Waals surface area (Å²) in [6.07, 6.45) is 0.940. The largest absolute Gasteiger partial charge is 0.454 e. The highest BCUT2D eigenvalue weighted by Gasteiger charge is 2.15. The predicted octanol–water partition coefficient (Wildman–Crippen LogP) is 1.92. The van der Waals surface area contributed by atoms with Gasteiger partial charge < -0.3 is 24.8 Å². The average Bonchev–Trinajstić information content (AvgIpc) is 3.07. The maximum Gasteiger partial charge on any atom is 0.407 e. The zero-order chi connectivity index (χ0) is 16.9. The van der Waals surface area contributed by atoms with E-state index < -0.39 is 6.09 Å². The maximum absolute atomic E-state index is 12.3. The van der Waals surface area contributed by atoms with Crippen molar-refractivity contribution >= 4 is 17.7 Å². The summed E-state index contributed by atoms with van der Waals surface area (Å²) in [7, 11) is 1.28. The van der Waals surface area contributed by atoms with E-state index in [1.165, 1.54) is 13.3 Å². The Kier molecular flexibility index (Phi) is 4.46. The number of benzene rings is 1. The van der Waals surface area contributed by atoms with Crippen molar-refractivity contribution in [2.45, 2.75) is 6.54 Å². The van der Waals surface area contributed by atoms with Gasteiger partial charge in [0.05, 0.1) is 19.3 Å². The van der Waals surface area contributed by atoms with Crippen LogP contribution in [-0.2, 0) is 11.3 Å². The SMILES string of the molecule is COC(=O)NCc1cc(C(=O)Nc2ccc3c(c2)OCO3)ccn1. The molecular weight excluding hydrogens is 314 g/mol. The summed E-state index contributed by atoms with van der Waals surface area (Å²) in [4.78, 5) is 27.5. The molecule has 1 aliphatic rings. The van der Waals surface area contributed by atoms with E-state index in [4.69, 9.17) is 9.47 Å². The fourth-order valence-corrected chi connectivity index (χ4v) is 2.13. The summed E-state index contributed by atoms with van der Waals surface area (Å²) in [5, 5.41) is 5.28. The molecule has 3 rings (SSSR count). The third kappa shape index (κ3) is 3.54. The number of amides is 2. The van der Waals surface area contributed by atoms with Crippen LogP contribution in [0.1, 0.15) is 16.1 Å². The number of rotatable bonds is 4. The van der Waals surface area contributed by atoms with Gasteiger partial charge in [-0.1, -0.05) is 0 Å². The quantitative estimate of drug-likeness (QED) is 0.889. The first-order chi connectivity index (χ1) is 11.7. The van der Waals surface area contributed by atoms with Crippen LogP contribution in [0.3, 0.4) is 0 Å². The Labute approximate surface area is 137 Å². The van der Waals surface area contributed by atoms with Gasteiger partial charge in [0.1, 0.15) is 0 Å². The molecule has 2 heterocycles. The molecule has 8 nitrogen and oxygen atoms in total. The van der Waals surface area contributed by atoms with Gasteiger partial charge in [0, 0.05) is 23.5 Å². The van der Waals surface area contributed by atoms with Crippen LogP contribution in [0, 0.1) is 0 Å². The fraction of sp³-hybridized carbons (Fsp3) is 0.188. The van der Waals surface area contributed by atoms with E-state index in [0.717, 1.165) is 0 Å². The summed E-state index contributed by atoms with van der Waals surface area (Å²) in [6, 6.07) is 8.34. The number of alkyl carbamates (subject to hydrolysis) is 1. The predicted molar refractivity (Wildman–Crippen MR) is 84.0 cm³/mol. The maximum atomic E-state index is 12.3. The molecule has 0 saturated carbocycles. The topological polar surface area (TPSA) is 98.8 Å². The van der Waals surface area contributed by atoms with Crippen LogP contribution in [0.25, 0.3) is 0 Å². The lowest BCUT2D eigenvalue weighted by molar-refractivity contribution is 0.102. The van der Waals surface area contributed by atoms with Gasteiger partial charge in [0.15, 0.2) is 11.5 Å². The minimum atomic E-state index is -0.563. The van der Waals surface area contributed by atoms with E-state index in [-0.39, 0.29) is 19.2 Å². The van der Waals surface area contributed by atoms with Gasteiger partial charge in [-0.15, -0.1) is 0 Å². The van der Waals surface area contributed by atoms with Gasteiger partial charge in [-0.3, -0.25) is 9.78 Å². The summed E-state index contributed by atoms with van der Waals surface area (Å²) in [5.74, 6) is 0.939. The van der Waals surface area contributed by atoms with Crippen molar-refractivity contribution in [1.29, 1.82) is 0 Å². The lowest BCUT2D eigenvalue weighted by Gasteiger charge is -2.08. The lowest BCUT2D eigenvalue weighted by Crippen LogP contribution is -2.23. The van der Waals surface area contributed by atoms with Crippen LogP contribution in [0.5, 0.6) is 11.5 Å². The van der Waals surface area contributed by atoms with Crippen molar-refractivity contribution in [1.82, 2.24) is 10.3 Å². The average molecular weight is 329 g/mol. The summed E-state index contributed by atoms with van der Waals surface area (Å²) >= 11 is 0. The molecule has 2 aromatic rings. The minimum Gasteiger partial charge on any atom is -0.454 e. The molecule has 1 aromatic carbocycles. The Hall–Kier alpha value is -3.29. The standard InChI is InChI=1S/C16H15N3O5/c1-22-16(21)18-8-12-6-10(4-5-17-12)15(20)19-11-2-3-13-14(7-11)24-9-23-13/h2-7H,8-9H2,1H3,(H,18,21)(H,19,20). The van der Waals surface area contributed by atoms with Crippen LogP contribution >= 0.6 is 0 Å². The van der Waals surface area contributed by atoms with E-state index in [2.05, 4.69) is 20.4 Å². The van der Waals surface area contributed by atoms with E-state index in [9.17, 15) is 9.59 Å². The van der Waals surface area contributed by atoms with Crippen molar-refractivity contribution in [2.24, 2.45) is 0 Å². The molecule has 0 aliphatic carbocycles. The molecule has 2 amide bonds. The molecular formula is C16H15N3O5. The van der Waals surface area contributed by atoms with E-state index in [0.29, 0.717) is 28.4 Å². The Bertz CT molecular complexity index is 778. The van der Waals surface area contributed by atoms with Gasteiger partial charge in [-0.25, -0.2) is 4.79 Å². The number of hydrogen-bond acceptors (Lipinski definition) is 6. The van der Waals surface area contributed by atoms with E-state index in [1.807, 2.05) is 0 Å². The molecule has 8 heteroatoms. The fourth-order valence-electron chi connectivity index (χ4n) is 2.13. The number of hydrogen-bond donors (Lipinski definition) is 2. The normalized spacial score (nSPS) is 11.7. The summed E-state index contributed by atoms with van der Waals surface area (Å²) < 4.78 is 15.0. The summed E-state index contributed by atoms with van der Waals surface area (Å²) in [5.41, 5.74) is 1.55. The van der Waals surface area contributed by atoms with Gasteiger partial charge in [0.25, 0.3) is 5.91 Å². The van der Waals surface area contributed by atoms with Crippen molar-refractivity contribution in [3.8, 4) is 11.5 Å². The van der Waals surface area contributed by atoms with Crippen molar-refractivity contribution in [3.63, 3.8) is 0 Å². The van der Waals surface area contributed by atoms with Crippen LogP contribution in [-0.4, -0.2) is 30.9 Å². The molecule has 1 aliphatic heterocycles. The second-order valence-corrected chi connectivity index (χ2v) is 4.90. The first-order valence-corrected chi connectivity index (χ1v) is 7.13. The first-order valence-electron chi connectivity index (χ1n) is 7.13. The molecule has 2 N–H and O–H groups in total. The van der Waals surface area contributed by atoms with Crippen LogP contribution in [0.15, 0.2) is 36.5 Å². The van der Waals surface area contributed by atoms with Crippen LogP contribution in [0.4, 0.5) is 10.5 Å². The van der Waals surface area contributed by atoms with Gasteiger partial charge >= 0.3 is 6.09 Å². The molecule has 0 fully saturated rings. The van der Waals surface area contributed by atoms with E-state index in [1.54, 1.807) is 30.3 Å². The number of carbonyl (C=O) groups excluding carboxylic acids is 2. The smallest absolute Gasteiger partial charge is 0.407 e. The highest BCUT2D eigenvalue weighted by Crippen LogP contribution is 2.34. The van der Waals surface area contributed by atoms with Crippen molar-refractivity contribution in [2.75, 3.05) is 19.2 Å². The summed E-state index contributed by atoms with van der Waals surface area (Å²) in [6.45, 7) is 0.339. The number of fused-ring (bicyclic) bond motifs is 1. The number of pyridine rings is 1. The molecule has 24 heavy (non-hydrogen) atoms. The Balaban J connectivity index is 1.67. The highest BCUT2D eigenvalue weighted by atomic mass is 16.7. The number of aromatic nitrogens is 1. The minimum absolute atomic E-state index is 0.165. The number of nitrogens with zero attached hydrogens (tertiary/aromatic N) is 1. The number of ether oxygens (including phenoxy) is 3. The molecule has 1 aromatic heterocycles. The molecule has 0 bridgehead atoms. The van der Waals surface area contributed by atoms with Crippen LogP contribution < -0.4 is 20.1 Å². The monoisotopic (exact) mass is 329 g/mol. The number of nitrogens with one attached hydrogen (secondary N) is 2. The lowest BCUT2D eigenvalue weighted by atomic mass is 10.2. The Morgan fingerprint density at radius 3 is 2.88 bits per heavy atom. The zero-order valence-corrected chi connectivity index (χ0v) is 12.9. The van der Waals surface area contributed by atoms with Crippen LogP contribution in [0.2, 0.25) is 0 Å². The van der Waals surface area contributed by atoms with Gasteiger partial charge in [-0.05, 0) is 24.3 Å². The zero-order valence-electron chi connectivity index (χ0n) is 12.9. The molecule has 0 atom stereocenters. The number of carbonyl (C=O) groups is 2. The Morgan fingerprint density at radius 1 is 1.21 bits per heavy atom. The second-order valence-electron chi connectivity index (χ2n) is 4.90. The molecule has 0 radical (unpaired) electrons. The number of methoxy groups -OCH3 is 1. The third-order valence-corrected chi connectivity index (χ3v) is 3.31. The Morgan fingerprint density at radius 2 is 2.04 bits per heavy atom. The molecule has 0 spiro atoms. The number of anilines is 1. The molecule has 124 valence electrons.